The fraction of sp³-hybridized carbons (Fsp3) is 0.250. The molecule has 0 aliphatic carbocycles. The highest BCUT2D eigenvalue weighted by molar-refractivity contribution is 9.10. The standard InChI is InChI=1S/C8H7BrFO/c9-7-2-1-6(3-4-11)5-8(7)10/h1-2,5H,3-4H2. The highest BCUT2D eigenvalue weighted by Gasteiger charge is 1.99. The van der Waals surface area contributed by atoms with Gasteiger partial charge in [-0.3, -0.25) is 0 Å². The molecule has 1 aromatic carbocycles. The third-order valence-electron chi connectivity index (χ3n) is 1.37. The van der Waals surface area contributed by atoms with Gasteiger partial charge in [-0.25, -0.2) is 9.50 Å². The first-order valence-electron chi connectivity index (χ1n) is 3.26. The van der Waals surface area contributed by atoms with Gasteiger partial charge in [0.25, 0.3) is 0 Å². The topological polar surface area (TPSA) is 19.9 Å². The summed E-state index contributed by atoms with van der Waals surface area (Å²) < 4.78 is 13.2. The molecule has 1 radical (unpaired) electrons. The van der Waals surface area contributed by atoms with Crippen LogP contribution in [0.3, 0.4) is 0 Å². The highest BCUT2D eigenvalue weighted by Crippen LogP contribution is 2.16. The van der Waals surface area contributed by atoms with E-state index in [1.165, 1.54) is 6.07 Å². The second-order valence-corrected chi connectivity index (χ2v) is 3.06. The Labute approximate surface area is 73.0 Å². The number of hydrogen-bond acceptors (Lipinski definition) is 0. The van der Waals surface area contributed by atoms with E-state index in [2.05, 4.69) is 15.9 Å². The Morgan fingerprint density at radius 2 is 2.18 bits per heavy atom. The molecule has 0 atom stereocenters. The van der Waals surface area contributed by atoms with Crippen molar-refractivity contribution >= 4 is 15.9 Å². The minimum absolute atomic E-state index is 0.193. The zero-order valence-electron chi connectivity index (χ0n) is 5.81. The predicted octanol–water partition coefficient (Wildman–Crippen LogP) is 2.56. The fourth-order valence-corrected chi connectivity index (χ4v) is 1.06. The maximum atomic E-state index is 12.8. The number of halogens is 2. The molecule has 0 heterocycles. The van der Waals surface area contributed by atoms with E-state index in [0.29, 0.717) is 10.9 Å². The van der Waals surface area contributed by atoms with Crippen LogP contribution in [0.25, 0.3) is 0 Å². The van der Waals surface area contributed by atoms with Crippen molar-refractivity contribution in [3.8, 4) is 0 Å². The number of hydrogen-bond donors (Lipinski definition) is 0. The van der Waals surface area contributed by atoms with E-state index in [1.54, 1.807) is 12.1 Å². The summed E-state index contributed by atoms with van der Waals surface area (Å²) in [6.07, 6.45) is 0.393. The van der Waals surface area contributed by atoms with Gasteiger partial charge in [0.05, 0.1) is 11.1 Å². The van der Waals surface area contributed by atoms with Gasteiger partial charge in [0, 0.05) is 0 Å². The molecule has 0 fully saturated rings. The van der Waals surface area contributed by atoms with Crippen LogP contribution in [0, 0.1) is 5.82 Å². The lowest BCUT2D eigenvalue weighted by Gasteiger charge is -1.98. The summed E-state index contributed by atoms with van der Waals surface area (Å²) in [6, 6.07) is 4.73. The Balaban J connectivity index is 2.86. The van der Waals surface area contributed by atoms with E-state index in [9.17, 15) is 9.50 Å². The van der Waals surface area contributed by atoms with Gasteiger partial charge in [-0.05, 0) is 40.0 Å². The maximum Gasteiger partial charge on any atom is 0.137 e. The lowest BCUT2D eigenvalue weighted by molar-refractivity contribution is 0.197. The summed E-state index contributed by atoms with van der Waals surface area (Å²) in [5.74, 6) is -0.309. The van der Waals surface area contributed by atoms with Crippen LogP contribution >= 0.6 is 15.9 Å². The van der Waals surface area contributed by atoms with Crippen molar-refractivity contribution in [3.63, 3.8) is 0 Å². The molecule has 0 aliphatic heterocycles. The van der Waals surface area contributed by atoms with Crippen molar-refractivity contribution in [2.45, 2.75) is 6.42 Å². The third-order valence-corrected chi connectivity index (χ3v) is 2.02. The second-order valence-electron chi connectivity index (χ2n) is 2.20. The number of rotatable bonds is 2. The van der Waals surface area contributed by atoms with Crippen LogP contribution in [0.5, 0.6) is 0 Å². The van der Waals surface area contributed by atoms with Crippen LogP contribution in [0.2, 0.25) is 0 Å². The molecule has 1 nitrogen and oxygen atoms in total. The van der Waals surface area contributed by atoms with E-state index >= 15 is 0 Å². The maximum absolute atomic E-state index is 12.8. The van der Waals surface area contributed by atoms with Crippen molar-refractivity contribution in [2.75, 3.05) is 6.61 Å². The average molecular weight is 218 g/mol. The quantitative estimate of drug-likeness (QED) is 0.726. The van der Waals surface area contributed by atoms with Gasteiger partial charge in [0.1, 0.15) is 5.82 Å². The van der Waals surface area contributed by atoms with Gasteiger partial charge in [0.2, 0.25) is 0 Å². The van der Waals surface area contributed by atoms with Crippen LogP contribution in [-0.2, 0) is 11.5 Å². The molecule has 0 amide bonds. The first-order valence-corrected chi connectivity index (χ1v) is 4.05. The van der Waals surface area contributed by atoms with Crippen LogP contribution < -0.4 is 0 Å². The first-order chi connectivity index (χ1) is 5.24. The average Bonchev–Trinajstić information content (AvgIpc) is 1.98. The summed E-state index contributed by atoms with van der Waals surface area (Å²) in [5.41, 5.74) is 0.751. The monoisotopic (exact) mass is 217 g/mol. The second kappa shape index (κ2) is 3.83. The predicted molar refractivity (Wildman–Crippen MR) is 43.4 cm³/mol. The van der Waals surface area contributed by atoms with Gasteiger partial charge in [-0.1, -0.05) is 6.07 Å². The Morgan fingerprint density at radius 3 is 2.73 bits per heavy atom. The van der Waals surface area contributed by atoms with E-state index in [0.717, 1.165) is 5.56 Å². The first kappa shape index (κ1) is 8.68. The largest absolute Gasteiger partial charge is 0.236 e. The molecular formula is C8H7BrFO. The minimum atomic E-state index is -0.309. The van der Waals surface area contributed by atoms with Gasteiger partial charge in [0.15, 0.2) is 0 Å². The van der Waals surface area contributed by atoms with Gasteiger partial charge < -0.3 is 0 Å². The molecule has 0 saturated heterocycles. The summed E-state index contributed by atoms with van der Waals surface area (Å²) in [5, 5.41) is 10.2. The van der Waals surface area contributed by atoms with Crippen molar-refractivity contribution in [1.29, 1.82) is 0 Å². The summed E-state index contributed by atoms with van der Waals surface area (Å²) in [7, 11) is 0. The lowest BCUT2D eigenvalue weighted by atomic mass is 10.2. The molecule has 0 spiro atoms. The van der Waals surface area contributed by atoms with Crippen LogP contribution in [0.15, 0.2) is 22.7 Å². The van der Waals surface area contributed by atoms with E-state index < -0.39 is 0 Å². The molecule has 11 heavy (non-hydrogen) atoms. The zero-order valence-corrected chi connectivity index (χ0v) is 7.40. The molecule has 0 aliphatic rings. The summed E-state index contributed by atoms with van der Waals surface area (Å²) in [4.78, 5) is 0. The Morgan fingerprint density at radius 1 is 1.45 bits per heavy atom. The Bertz CT molecular complexity index is 250. The van der Waals surface area contributed by atoms with Crippen molar-refractivity contribution in [2.24, 2.45) is 0 Å². The van der Waals surface area contributed by atoms with Gasteiger partial charge in [-0.2, -0.15) is 0 Å². The van der Waals surface area contributed by atoms with E-state index in [4.69, 9.17) is 0 Å². The zero-order chi connectivity index (χ0) is 8.27. The SMILES string of the molecule is [O]CCc1ccc(Br)c(F)c1. The number of benzene rings is 1. The van der Waals surface area contributed by atoms with Crippen molar-refractivity contribution in [3.05, 3.63) is 34.1 Å². The van der Waals surface area contributed by atoms with Crippen LogP contribution in [0.4, 0.5) is 4.39 Å². The lowest BCUT2D eigenvalue weighted by Crippen LogP contribution is -1.90. The molecule has 0 bridgehead atoms. The van der Waals surface area contributed by atoms with E-state index in [1.807, 2.05) is 0 Å². The third kappa shape index (κ3) is 2.27. The molecule has 1 rings (SSSR count). The molecule has 1 aromatic rings. The van der Waals surface area contributed by atoms with Crippen molar-refractivity contribution < 1.29 is 9.50 Å². The molecule has 0 aromatic heterocycles. The van der Waals surface area contributed by atoms with Crippen molar-refractivity contribution in [1.82, 2.24) is 0 Å². The van der Waals surface area contributed by atoms with Crippen LogP contribution in [0.1, 0.15) is 5.56 Å². The minimum Gasteiger partial charge on any atom is -0.236 e. The Kier molecular flexibility index (Phi) is 3.02. The summed E-state index contributed by atoms with van der Waals surface area (Å²) >= 11 is 3.03. The molecule has 0 saturated carbocycles. The van der Waals surface area contributed by atoms with E-state index in [-0.39, 0.29) is 12.4 Å². The van der Waals surface area contributed by atoms with Gasteiger partial charge >= 0.3 is 0 Å². The molecule has 0 N–H and O–H groups in total. The molecule has 59 valence electrons. The fourth-order valence-electron chi connectivity index (χ4n) is 0.813. The smallest absolute Gasteiger partial charge is 0.137 e. The Hall–Kier alpha value is -0.410. The van der Waals surface area contributed by atoms with Crippen LogP contribution in [-0.4, -0.2) is 6.61 Å². The molecule has 0 unspecified atom stereocenters. The molecular weight excluding hydrogens is 211 g/mol. The normalized spacial score (nSPS) is 10.1. The highest BCUT2D eigenvalue weighted by atomic mass is 79.9. The van der Waals surface area contributed by atoms with Gasteiger partial charge in [-0.15, -0.1) is 0 Å². The molecule has 3 heteroatoms. The summed E-state index contributed by atoms with van der Waals surface area (Å²) in [6.45, 7) is -0.193.